The van der Waals surface area contributed by atoms with Crippen LogP contribution in [0.4, 0.5) is 0 Å². The largest absolute Gasteiger partial charge is 0.460 e. The summed E-state index contributed by atoms with van der Waals surface area (Å²) in [4.78, 5) is 0. The van der Waals surface area contributed by atoms with Crippen LogP contribution in [0.1, 0.15) is 44.8 Å². The molecule has 0 atom stereocenters. The zero-order valence-corrected chi connectivity index (χ0v) is 11.0. The Morgan fingerprint density at radius 1 is 1.17 bits per heavy atom. The molecule has 0 bridgehead atoms. The van der Waals surface area contributed by atoms with Gasteiger partial charge in [0, 0.05) is 10.9 Å². The van der Waals surface area contributed by atoms with Crippen LogP contribution in [0, 0.1) is 0 Å². The van der Waals surface area contributed by atoms with Crippen LogP contribution in [0.5, 0.6) is 0 Å². The summed E-state index contributed by atoms with van der Waals surface area (Å²) in [6, 6.07) is 10.4. The highest BCUT2D eigenvalue weighted by molar-refractivity contribution is 5.77. The summed E-state index contributed by atoms with van der Waals surface area (Å²) in [5.74, 6) is 1.04. The van der Waals surface area contributed by atoms with Crippen molar-refractivity contribution < 1.29 is 4.42 Å². The molecule has 0 unspecified atom stereocenters. The van der Waals surface area contributed by atoms with E-state index in [1.54, 1.807) is 0 Å². The van der Waals surface area contributed by atoms with Crippen LogP contribution in [0.3, 0.4) is 0 Å². The molecule has 1 heterocycles. The van der Waals surface area contributed by atoms with Crippen molar-refractivity contribution in [2.75, 3.05) is 0 Å². The molecule has 2 aromatic rings. The molecule has 2 nitrogen and oxygen atoms in total. The Balaban J connectivity index is 1.69. The minimum atomic E-state index is 0.303. The van der Waals surface area contributed by atoms with Gasteiger partial charge in [0.2, 0.25) is 0 Å². The lowest BCUT2D eigenvalue weighted by Crippen LogP contribution is -2.43. The van der Waals surface area contributed by atoms with E-state index in [1.165, 1.54) is 37.5 Å². The van der Waals surface area contributed by atoms with Gasteiger partial charge in [0.1, 0.15) is 11.3 Å². The maximum atomic E-state index is 5.84. The van der Waals surface area contributed by atoms with Crippen molar-refractivity contribution in [2.24, 2.45) is 0 Å². The van der Waals surface area contributed by atoms with Gasteiger partial charge in [-0.25, -0.2) is 0 Å². The standard InChI is InChI=1S/C16H21NO/c1-16(9-5-2-6-10-16)17-12-14-11-13-7-3-4-8-15(13)18-14/h3-4,7-8,11,17H,2,5-6,9-10,12H2,1H3. The molecule has 96 valence electrons. The number of nitrogens with one attached hydrogen (secondary N) is 1. The Kier molecular flexibility index (Phi) is 3.13. The minimum Gasteiger partial charge on any atom is -0.460 e. The first-order chi connectivity index (χ1) is 8.75. The topological polar surface area (TPSA) is 25.2 Å². The van der Waals surface area contributed by atoms with Crippen LogP contribution in [0.25, 0.3) is 11.0 Å². The van der Waals surface area contributed by atoms with Crippen LogP contribution in [0.15, 0.2) is 34.7 Å². The van der Waals surface area contributed by atoms with Crippen molar-refractivity contribution in [2.45, 2.75) is 51.1 Å². The molecule has 18 heavy (non-hydrogen) atoms. The summed E-state index contributed by atoms with van der Waals surface area (Å²) < 4.78 is 5.84. The quantitative estimate of drug-likeness (QED) is 0.872. The van der Waals surface area contributed by atoms with Gasteiger partial charge in [0.05, 0.1) is 6.54 Å². The molecule has 0 spiro atoms. The average Bonchev–Trinajstić information content (AvgIpc) is 2.80. The van der Waals surface area contributed by atoms with E-state index in [-0.39, 0.29) is 0 Å². The third-order valence-electron chi connectivity index (χ3n) is 4.12. The van der Waals surface area contributed by atoms with E-state index in [1.807, 2.05) is 12.1 Å². The third kappa shape index (κ3) is 2.44. The zero-order valence-electron chi connectivity index (χ0n) is 11.0. The van der Waals surface area contributed by atoms with E-state index in [0.717, 1.165) is 17.9 Å². The van der Waals surface area contributed by atoms with Gasteiger partial charge < -0.3 is 9.73 Å². The van der Waals surface area contributed by atoms with E-state index >= 15 is 0 Å². The van der Waals surface area contributed by atoms with Crippen molar-refractivity contribution in [1.29, 1.82) is 0 Å². The molecule has 3 rings (SSSR count). The van der Waals surface area contributed by atoms with Gasteiger partial charge in [-0.3, -0.25) is 0 Å². The first-order valence-corrected chi connectivity index (χ1v) is 6.98. The van der Waals surface area contributed by atoms with Crippen molar-refractivity contribution >= 4 is 11.0 Å². The van der Waals surface area contributed by atoms with Gasteiger partial charge in [-0.15, -0.1) is 0 Å². The highest BCUT2D eigenvalue weighted by Gasteiger charge is 2.26. The minimum absolute atomic E-state index is 0.303. The average molecular weight is 243 g/mol. The predicted molar refractivity (Wildman–Crippen MR) is 74.5 cm³/mol. The van der Waals surface area contributed by atoms with Crippen LogP contribution < -0.4 is 5.32 Å². The number of hydrogen-bond donors (Lipinski definition) is 1. The van der Waals surface area contributed by atoms with Crippen LogP contribution in [-0.2, 0) is 6.54 Å². The molecule has 2 heteroatoms. The Morgan fingerprint density at radius 3 is 2.72 bits per heavy atom. The molecule has 1 aromatic carbocycles. The van der Waals surface area contributed by atoms with E-state index in [4.69, 9.17) is 4.42 Å². The summed E-state index contributed by atoms with van der Waals surface area (Å²) in [6.07, 6.45) is 6.66. The lowest BCUT2D eigenvalue weighted by Gasteiger charge is -2.34. The fourth-order valence-corrected chi connectivity index (χ4v) is 2.93. The second-order valence-corrected chi connectivity index (χ2v) is 5.73. The maximum Gasteiger partial charge on any atom is 0.134 e. The zero-order chi connectivity index (χ0) is 12.4. The second kappa shape index (κ2) is 4.77. The molecule has 1 aliphatic carbocycles. The molecule has 0 amide bonds. The van der Waals surface area contributed by atoms with Gasteiger partial charge >= 0.3 is 0 Å². The fraction of sp³-hybridized carbons (Fsp3) is 0.500. The van der Waals surface area contributed by atoms with Crippen molar-refractivity contribution in [3.05, 3.63) is 36.1 Å². The van der Waals surface area contributed by atoms with E-state index < -0.39 is 0 Å². The second-order valence-electron chi connectivity index (χ2n) is 5.73. The van der Waals surface area contributed by atoms with Crippen LogP contribution >= 0.6 is 0 Å². The highest BCUT2D eigenvalue weighted by atomic mass is 16.3. The Bertz CT molecular complexity index is 490. The number of benzene rings is 1. The van der Waals surface area contributed by atoms with Gasteiger partial charge in [-0.1, -0.05) is 37.5 Å². The summed E-state index contributed by atoms with van der Waals surface area (Å²) in [7, 11) is 0. The summed E-state index contributed by atoms with van der Waals surface area (Å²) in [5.41, 5.74) is 1.29. The van der Waals surface area contributed by atoms with E-state index in [2.05, 4.69) is 30.4 Å². The Morgan fingerprint density at radius 2 is 1.94 bits per heavy atom. The molecule has 1 aliphatic rings. The Labute approximate surface area is 108 Å². The summed E-state index contributed by atoms with van der Waals surface area (Å²) >= 11 is 0. The SMILES string of the molecule is CC1(NCc2cc3ccccc3o2)CCCCC1. The summed E-state index contributed by atoms with van der Waals surface area (Å²) in [6.45, 7) is 3.18. The fourth-order valence-electron chi connectivity index (χ4n) is 2.93. The van der Waals surface area contributed by atoms with Crippen molar-refractivity contribution in [1.82, 2.24) is 5.32 Å². The first-order valence-electron chi connectivity index (χ1n) is 6.98. The Hall–Kier alpha value is -1.28. The van der Waals surface area contributed by atoms with Gasteiger partial charge in [0.25, 0.3) is 0 Å². The number of fused-ring (bicyclic) bond motifs is 1. The molecule has 1 N–H and O–H groups in total. The third-order valence-corrected chi connectivity index (χ3v) is 4.12. The van der Waals surface area contributed by atoms with Crippen LogP contribution in [0.2, 0.25) is 0 Å². The number of furan rings is 1. The highest BCUT2D eigenvalue weighted by Crippen LogP contribution is 2.28. The van der Waals surface area contributed by atoms with Crippen LogP contribution in [-0.4, -0.2) is 5.54 Å². The summed E-state index contributed by atoms with van der Waals surface area (Å²) in [5, 5.41) is 4.88. The molecule has 0 radical (unpaired) electrons. The van der Waals surface area contributed by atoms with Crippen molar-refractivity contribution in [3.8, 4) is 0 Å². The van der Waals surface area contributed by atoms with E-state index in [9.17, 15) is 0 Å². The monoisotopic (exact) mass is 243 g/mol. The number of rotatable bonds is 3. The molecule has 0 saturated heterocycles. The van der Waals surface area contributed by atoms with Gasteiger partial charge in [0.15, 0.2) is 0 Å². The van der Waals surface area contributed by atoms with Gasteiger partial charge in [-0.2, -0.15) is 0 Å². The number of para-hydroxylation sites is 1. The maximum absolute atomic E-state index is 5.84. The first kappa shape index (κ1) is 11.8. The molecule has 0 aliphatic heterocycles. The van der Waals surface area contributed by atoms with Gasteiger partial charge in [-0.05, 0) is 31.9 Å². The smallest absolute Gasteiger partial charge is 0.134 e. The van der Waals surface area contributed by atoms with E-state index in [0.29, 0.717) is 5.54 Å². The molecule has 1 aromatic heterocycles. The molecule has 1 saturated carbocycles. The lowest BCUT2D eigenvalue weighted by atomic mass is 9.83. The molecular weight excluding hydrogens is 222 g/mol. The molecule has 1 fully saturated rings. The number of hydrogen-bond acceptors (Lipinski definition) is 2. The van der Waals surface area contributed by atoms with Crippen molar-refractivity contribution in [3.63, 3.8) is 0 Å². The molecular formula is C16H21NO. The normalized spacial score (nSPS) is 19.2. The predicted octanol–water partition coefficient (Wildman–Crippen LogP) is 4.25. The lowest BCUT2D eigenvalue weighted by molar-refractivity contribution is 0.246.